The van der Waals surface area contributed by atoms with Crippen molar-refractivity contribution in [2.24, 2.45) is 0 Å². The van der Waals surface area contributed by atoms with Crippen LogP contribution in [0.5, 0.6) is 5.75 Å². The Balaban J connectivity index is 1.26. The Morgan fingerprint density at radius 3 is 2.73 bits per heavy atom. The van der Waals surface area contributed by atoms with Gasteiger partial charge in [-0.2, -0.15) is 0 Å². The number of phosphoric ester groups is 1. The maximum Gasteiger partial charge on any atom is 0.530 e. The summed E-state index contributed by atoms with van der Waals surface area (Å²) in [5.74, 6) is -0.463. The van der Waals surface area contributed by atoms with E-state index in [4.69, 9.17) is 23.0 Å². The number of amides is 1. The highest BCUT2D eigenvalue weighted by molar-refractivity contribution is 7.49. The molecule has 1 amide bonds. The Kier molecular flexibility index (Phi) is 9.03. The van der Waals surface area contributed by atoms with Gasteiger partial charge in [-0.05, 0) is 64.8 Å². The van der Waals surface area contributed by atoms with Crippen LogP contribution in [0, 0.1) is 6.92 Å². The maximum atomic E-state index is 13.1. The number of hydrogen-bond donors (Lipinski definition) is 2. The Morgan fingerprint density at radius 2 is 2.00 bits per heavy atom. The summed E-state index contributed by atoms with van der Waals surface area (Å²) in [6.07, 6.45) is 3.83. The van der Waals surface area contributed by atoms with Crippen molar-refractivity contribution in [3.05, 3.63) is 74.1 Å². The number of aromatic amines is 1. The number of aromatic nitrogens is 2. The number of nitrogens with one attached hydrogen (secondary N) is 2. The van der Waals surface area contributed by atoms with Crippen molar-refractivity contribution in [1.82, 2.24) is 14.9 Å². The van der Waals surface area contributed by atoms with Crippen LogP contribution in [0.1, 0.15) is 57.0 Å². The molecule has 2 N–H and O–H groups in total. The molecule has 13 nitrogen and oxygen atoms in total. The SMILES string of the molecule is Cc1cn([C@H]2C=C[C@@H](COP3(=O)OCc4cc(CCC(=O)NC(C)C(=O)OC(C)(C)C)ccc4O3)O2)c(=O)[nH]c1=O. The van der Waals surface area contributed by atoms with Crippen LogP contribution in [0.15, 0.2) is 46.1 Å². The van der Waals surface area contributed by atoms with Gasteiger partial charge < -0.3 is 19.3 Å². The van der Waals surface area contributed by atoms with Crippen molar-refractivity contribution in [1.29, 1.82) is 0 Å². The van der Waals surface area contributed by atoms with Gasteiger partial charge in [-0.25, -0.2) is 14.2 Å². The molecular weight excluding hydrogens is 557 g/mol. The van der Waals surface area contributed by atoms with E-state index in [-0.39, 0.29) is 25.5 Å². The third kappa shape index (κ3) is 8.04. The van der Waals surface area contributed by atoms with Crippen LogP contribution < -0.4 is 21.1 Å². The van der Waals surface area contributed by atoms with Gasteiger partial charge in [0, 0.05) is 23.7 Å². The monoisotopic (exact) mass is 591 g/mol. The summed E-state index contributed by atoms with van der Waals surface area (Å²) in [7, 11) is -3.94. The molecule has 222 valence electrons. The number of fused-ring (bicyclic) bond motifs is 1. The van der Waals surface area contributed by atoms with Crippen LogP contribution in [-0.2, 0) is 45.7 Å². The lowest BCUT2D eigenvalue weighted by Crippen LogP contribution is -2.42. The van der Waals surface area contributed by atoms with E-state index in [1.165, 1.54) is 10.8 Å². The number of carbonyl (C=O) groups is 2. The van der Waals surface area contributed by atoms with Crippen LogP contribution in [0.25, 0.3) is 0 Å². The van der Waals surface area contributed by atoms with Gasteiger partial charge in [-0.1, -0.05) is 12.1 Å². The van der Waals surface area contributed by atoms with Gasteiger partial charge in [0.25, 0.3) is 5.56 Å². The minimum atomic E-state index is -3.94. The molecule has 41 heavy (non-hydrogen) atoms. The average molecular weight is 592 g/mol. The number of nitrogens with zero attached hydrogens (tertiary/aromatic N) is 1. The lowest BCUT2D eigenvalue weighted by molar-refractivity contribution is -0.158. The predicted octanol–water partition coefficient (Wildman–Crippen LogP) is 2.81. The maximum absolute atomic E-state index is 13.1. The standard InChI is InChI=1S/C27H34N3O10P/c1-16-13-30(26(34)29-24(16)32)23-11-8-20(38-23)15-37-41(35)36-14-19-12-18(6-9-21(19)40-41)7-10-22(31)28-17(2)25(33)39-27(3,4)5/h6,8-9,11-13,17,20,23H,7,10,14-15H2,1-5H3,(H,28,31)(H,29,32,34)/t17?,20-,23+,41?/m0/s1. The van der Waals surface area contributed by atoms with Gasteiger partial charge in [0.1, 0.15) is 23.5 Å². The van der Waals surface area contributed by atoms with Crippen LogP contribution in [0.2, 0.25) is 0 Å². The summed E-state index contributed by atoms with van der Waals surface area (Å²) >= 11 is 0. The summed E-state index contributed by atoms with van der Waals surface area (Å²) < 4.78 is 41.8. The molecule has 0 radical (unpaired) electrons. The summed E-state index contributed by atoms with van der Waals surface area (Å²) in [4.78, 5) is 50.3. The van der Waals surface area contributed by atoms with E-state index in [0.29, 0.717) is 23.3 Å². The molecule has 4 atom stereocenters. The highest BCUT2D eigenvalue weighted by atomic mass is 31.2. The van der Waals surface area contributed by atoms with Gasteiger partial charge in [0.05, 0.1) is 13.2 Å². The zero-order valence-electron chi connectivity index (χ0n) is 23.5. The van der Waals surface area contributed by atoms with E-state index in [0.717, 1.165) is 5.56 Å². The van der Waals surface area contributed by atoms with E-state index < -0.39 is 49.0 Å². The first-order valence-electron chi connectivity index (χ1n) is 13.1. The zero-order valence-corrected chi connectivity index (χ0v) is 24.4. The molecule has 1 aromatic carbocycles. The first-order chi connectivity index (χ1) is 19.2. The number of hydrogen-bond acceptors (Lipinski definition) is 10. The second-order valence-electron chi connectivity index (χ2n) is 10.8. The minimum Gasteiger partial charge on any atom is -0.458 e. The van der Waals surface area contributed by atoms with Gasteiger partial charge >= 0.3 is 19.5 Å². The third-order valence-corrected chi connectivity index (χ3v) is 7.44. The van der Waals surface area contributed by atoms with E-state index in [9.17, 15) is 23.7 Å². The van der Waals surface area contributed by atoms with Crippen molar-refractivity contribution in [3.63, 3.8) is 0 Å². The van der Waals surface area contributed by atoms with Gasteiger partial charge in [0.2, 0.25) is 5.91 Å². The molecule has 3 heterocycles. The van der Waals surface area contributed by atoms with Crippen molar-refractivity contribution in [3.8, 4) is 5.75 Å². The fraction of sp³-hybridized carbons (Fsp3) is 0.481. The number of carbonyl (C=O) groups excluding carboxylic acids is 2. The molecule has 0 aliphatic carbocycles. The van der Waals surface area contributed by atoms with Crippen LogP contribution in [-0.4, -0.2) is 45.8 Å². The number of phosphoric acid groups is 1. The number of esters is 1. The lowest BCUT2D eigenvalue weighted by atomic mass is 10.1. The Labute approximate surface area is 236 Å². The van der Waals surface area contributed by atoms with Crippen LogP contribution >= 0.6 is 7.82 Å². The van der Waals surface area contributed by atoms with Crippen molar-refractivity contribution in [2.75, 3.05) is 6.61 Å². The third-order valence-electron chi connectivity index (χ3n) is 6.11. The predicted molar refractivity (Wildman–Crippen MR) is 146 cm³/mol. The molecule has 2 aliphatic heterocycles. The molecule has 2 aromatic rings. The highest BCUT2D eigenvalue weighted by Crippen LogP contribution is 2.54. The van der Waals surface area contributed by atoms with Gasteiger partial charge in [-0.3, -0.25) is 28.2 Å². The van der Waals surface area contributed by atoms with Gasteiger partial charge in [0.15, 0.2) is 6.23 Å². The fourth-order valence-electron chi connectivity index (χ4n) is 4.05. The molecule has 0 bridgehead atoms. The summed E-state index contributed by atoms with van der Waals surface area (Å²) in [6.45, 7) is 8.23. The lowest BCUT2D eigenvalue weighted by Gasteiger charge is -2.26. The molecule has 0 saturated heterocycles. The molecule has 14 heteroatoms. The molecule has 2 aliphatic rings. The van der Waals surface area contributed by atoms with Crippen LogP contribution in [0.4, 0.5) is 0 Å². The van der Waals surface area contributed by atoms with Crippen molar-refractivity contribution in [2.45, 2.75) is 78.0 Å². The second-order valence-corrected chi connectivity index (χ2v) is 12.4. The molecule has 0 spiro atoms. The van der Waals surface area contributed by atoms with E-state index >= 15 is 0 Å². The topological polar surface area (TPSA) is 164 Å². The number of rotatable bonds is 9. The van der Waals surface area contributed by atoms with E-state index in [1.807, 2.05) is 0 Å². The first-order valence-corrected chi connectivity index (χ1v) is 14.6. The highest BCUT2D eigenvalue weighted by Gasteiger charge is 2.36. The quantitative estimate of drug-likeness (QED) is 0.252. The van der Waals surface area contributed by atoms with E-state index in [1.54, 1.807) is 65.0 Å². The number of ether oxygens (including phenoxy) is 2. The largest absolute Gasteiger partial charge is 0.530 e. The number of benzene rings is 1. The van der Waals surface area contributed by atoms with Gasteiger partial charge in [-0.15, -0.1) is 0 Å². The molecule has 4 rings (SSSR count). The van der Waals surface area contributed by atoms with Crippen LogP contribution in [0.3, 0.4) is 0 Å². The average Bonchev–Trinajstić information content (AvgIpc) is 3.36. The fourth-order valence-corrected chi connectivity index (χ4v) is 5.28. The minimum absolute atomic E-state index is 0.0294. The zero-order chi connectivity index (χ0) is 29.9. The van der Waals surface area contributed by atoms with Crippen molar-refractivity contribution >= 4 is 19.7 Å². The molecular formula is C27H34N3O10P. The Morgan fingerprint density at radius 1 is 1.24 bits per heavy atom. The molecule has 0 fully saturated rings. The number of H-pyrrole nitrogens is 1. The molecule has 1 aromatic heterocycles. The molecule has 0 saturated carbocycles. The smallest absolute Gasteiger partial charge is 0.458 e. The summed E-state index contributed by atoms with van der Waals surface area (Å²) in [5.41, 5.74) is 0.0984. The second kappa shape index (κ2) is 12.2. The summed E-state index contributed by atoms with van der Waals surface area (Å²) in [5, 5.41) is 2.64. The Hall–Kier alpha value is -3.51. The van der Waals surface area contributed by atoms with Crippen molar-refractivity contribution < 1.29 is 37.2 Å². The Bertz CT molecular complexity index is 1510. The summed E-state index contributed by atoms with van der Waals surface area (Å²) in [6, 6.07) is 4.40. The normalized spacial score (nSPS) is 22.5. The first kappa shape index (κ1) is 30.4. The van der Waals surface area contributed by atoms with E-state index in [2.05, 4.69) is 10.3 Å². The number of aryl methyl sites for hydroxylation is 2. The molecule has 2 unspecified atom stereocenters.